The van der Waals surface area contributed by atoms with Crippen LogP contribution < -0.4 is 9.64 Å². The minimum Gasteiger partial charge on any atom is -0.459 e. The van der Waals surface area contributed by atoms with E-state index < -0.39 is 11.2 Å². The maximum absolute atomic E-state index is 10.9. The highest BCUT2D eigenvalue weighted by Gasteiger charge is 2.25. The summed E-state index contributed by atoms with van der Waals surface area (Å²) < 4.78 is 7.03. The molecule has 8 nitrogen and oxygen atoms in total. The van der Waals surface area contributed by atoms with E-state index in [-0.39, 0.29) is 5.82 Å². The van der Waals surface area contributed by atoms with Gasteiger partial charge in [0.15, 0.2) is 0 Å². The first-order chi connectivity index (χ1) is 10.4. The molecule has 1 heterocycles. The van der Waals surface area contributed by atoms with Crippen LogP contribution in [0.3, 0.4) is 0 Å². The van der Waals surface area contributed by atoms with Crippen LogP contribution in [0.15, 0.2) is 35.5 Å². The number of ether oxygens (including phenoxy) is 1. The van der Waals surface area contributed by atoms with Crippen LogP contribution in [0.2, 0.25) is 0 Å². The van der Waals surface area contributed by atoms with Gasteiger partial charge in [-0.25, -0.2) is 14.5 Å². The van der Waals surface area contributed by atoms with Gasteiger partial charge in [0.05, 0.1) is 7.05 Å². The van der Waals surface area contributed by atoms with Crippen molar-refractivity contribution < 1.29 is 9.66 Å². The van der Waals surface area contributed by atoms with E-state index in [0.717, 1.165) is 5.69 Å². The van der Waals surface area contributed by atoms with Crippen molar-refractivity contribution in [3.05, 3.63) is 46.4 Å². The van der Waals surface area contributed by atoms with Gasteiger partial charge in [-0.2, -0.15) is 0 Å². The van der Waals surface area contributed by atoms with Crippen LogP contribution in [0.5, 0.6) is 5.75 Å². The van der Waals surface area contributed by atoms with Gasteiger partial charge in [-0.3, -0.25) is 0 Å². The van der Waals surface area contributed by atoms with Gasteiger partial charge in [0.1, 0.15) is 11.9 Å². The molecule has 2 aromatic rings. The summed E-state index contributed by atoms with van der Waals surface area (Å²) in [4.78, 5) is 20.2. The summed E-state index contributed by atoms with van der Waals surface area (Å²) in [5.74, 6) is 0.766. The van der Waals surface area contributed by atoms with Crippen molar-refractivity contribution in [1.82, 2.24) is 9.55 Å². The van der Waals surface area contributed by atoms with Crippen molar-refractivity contribution in [2.75, 3.05) is 19.0 Å². The largest absolute Gasteiger partial charge is 0.459 e. The van der Waals surface area contributed by atoms with Crippen molar-refractivity contribution >= 4 is 18.2 Å². The lowest BCUT2D eigenvalue weighted by molar-refractivity contribution is -0.391. The molecule has 0 N–H and O–H groups in total. The fourth-order valence-corrected chi connectivity index (χ4v) is 1.94. The lowest BCUT2D eigenvalue weighted by Crippen LogP contribution is -2.12. The summed E-state index contributed by atoms with van der Waals surface area (Å²) in [6, 6.07) is 7.39. The number of nitrogens with zero attached hydrogens (tertiary/aromatic N) is 5. The molecule has 0 bridgehead atoms. The third-order valence-corrected chi connectivity index (χ3v) is 3.17. The average Bonchev–Trinajstić information content (AvgIpc) is 2.87. The quantitative estimate of drug-likeness (QED) is 0.464. The minimum atomic E-state index is -0.816. The molecule has 0 spiro atoms. The highest BCUT2D eigenvalue weighted by atomic mass is 16.6. The normalized spacial score (nSPS) is 11.8. The first-order valence-corrected chi connectivity index (χ1v) is 6.50. The van der Waals surface area contributed by atoms with Crippen LogP contribution in [-0.2, 0) is 7.05 Å². The van der Waals surface area contributed by atoms with E-state index in [4.69, 9.17) is 4.74 Å². The summed E-state index contributed by atoms with van der Waals surface area (Å²) in [5, 5.41) is 10.9. The van der Waals surface area contributed by atoms with E-state index in [1.807, 2.05) is 31.1 Å². The number of hydrogen-bond acceptors (Lipinski definition) is 6. The third-order valence-electron chi connectivity index (χ3n) is 3.17. The van der Waals surface area contributed by atoms with Gasteiger partial charge in [0.25, 0.3) is 12.1 Å². The number of nitro groups is 1. The molecule has 0 saturated heterocycles. The summed E-state index contributed by atoms with van der Waals surface area (Å²) >= 11 is 0. The topological polar surface area (TPSA) is 85.8 Å². The summed E-state index contributed by atoms with van der Waals surface area (Å²) in [6.45, 7) is 3.47. The number of aromatic nitrogens is 2. The smallest absolute Gasteiger partial charge is 0.342 e. The SMILES string of the molecule is C=NC(Oc1ccc(N(C)C)cc1)c1ncc([N+](=O)[O-])n1C. The van der Waals surface area contributed by atoms with Gasteiger partial charge in [-0.1, -0.05) is 0 Å². The molecule has 0 saturated carbocycles. The van der Waals surface area contributed by atoms with E-state index in [0.29, 0.717) is 11.6 Å². The highest BCUT2D eigenvalue weighted by Crippen LogP contribution is 2.26. The first kappa shape index (κ1) is 15.5. The zero-order chi connectivity index (χ0) is 16.3. The van der Waals surface area contributed by atoms with Crippen molar-refractivity contribution in [2.24, 2.45) is 12.0 Å². The Morgan fingerprint density at radius 3 is 2.50 bits per heavy atom. The molecule has 8 heteroatoms. The molecule has 0 fully saturated rings. The summed E-state index contributed by atoms with van der Waals surface area (Å²) in [5.41, 5.74) is 1.03. The Morgan fingerprint density at radius 2 is 2.05 bits per heavy atom. The molecule has 1 aromatic carbocycles. The Labute approximate surface area is 127 Å². The molecule has 1 unspecified atom stereocenters. The van der Waals surface area contributed by atoms with Gasteiger partial charge in [-0.15, -0.1) is 0 Å². The number of aliphatic imine (C=N–C) groups is 1. The molecule has 1 aromatic heterocycles. The van der Waals surface area contributed by atoms with Crippen LogP contribution in [0, 0.1) is 10.1 Å². The maximum atomic E-state index is 10.9. The number of anilines is 1. The number of hydrogen-bond donors (Lipinski definition) is 0. The molecule has 1 atom stereocenters. The molecular weight excluding hydrogens is 286 g/mol. The molecule has 0 aliphatic heterocycles. The number of imidazole rings is 1. The number of rotatable bonds is 6. The van der Waals surface area contributed by atoms with Crippen LogP contribution in [0.4, 0.5) is 11.5 Å². The Hall–Kier alpha value is -2.90. The van der Waals surface area contributed by atoms with Crippen molar-refractivity contribution in [1.29, 1.82) is 0 Å². The zero-order valence-electron chi connectivity index (χ0n) is 12.6. The Bertz CT molecular complexity index is 678. The Balaban J connectivity index is 2.22. The van der Waals surface area contributed by atoms with Crippen molar-refractivity contribution in [3.63, 3.8) is 0 Å². The monoisotopic (exact) mass is 303 g/mol. The van der Waals surface area contributed by atoms with E-state index in [1.165, 1.54) is 17.8 Å². The molecule has 0 aliphatic carbocycles. The van der Waals surface area contributed by atoms with Crippen LogP contribution >= 0.6 is 0 Å². The summed E-state index contributed by atoms with van der Waals surface area (Å²) in [6.07, 6.45) is 0.357. The Morgan fingerprint density at radius 1 is 1.41 bits per heavy atom. The molecule has 0 aliphatic rings. The molecule has 0 radical (unpaired) electrons. The average molecular weight is 303 g/mol. The summed E-state index contributed by atoms with van der Waals surface area (Å²) in [7, 11) is 5.42. The maximum Gasteiger partial charge on any atom is 0.342 e. The fourth-order valence-electron chi connectivity index (χ4n) is 1.94. The van der Waals surface area contributed by atoms with Gasteiger partial charge in [0.2, 0.25) is 0 Å². The van der Waals surface area contributed by atoms with Gasteiger partial charge >= 0.3 is 5.82 Å². The van der Waals surface area contributed by atoms with Crippen LogP contribution in [0.25, 0.3) is 0 Å². The lowest BCUT2D eigenvalue weighted by atomic mass is 10.3. The molecular formula is C14H17N5O3. The second-order valence-corrected chi connectivity index (χ2v) is 4.83. The zero-order valence-corrected chi connectivity index (χ0v) is 12.6. The van der Waals surface area contributed by atoms with E-state index in [1.54, 1.807) is 12.1 Å². The second-order valence-electron chi connectivity index (χ2n) is 4.83. The molecule has 22 heavy (non-hydrogen) atoms. The predicted octanol–water partition coefficient (Wildman–Crippen LogP) is 2.17. The standard InChI is InChI=1S/C14H17N5O3/c1-15-14(13-16-9-12(18(13)4)19(20)21)22-11-7-5-10(6-8-11)17(2)3/h5-9,14H,1H2,2-4H3. The predicted molar refractivity (Wildman–Crippen MR) is 83.5 cm³/mol. The molecule has 2 rings (SSSR count). The molecule has 116 valence electrons. The van der Waals surface area contributed by atoms with Gasteiger partial charge in [0, 0.05) is 19.8 Å². The minimum absolute atomic E-state index is 0.129. The lowest BCUT2D eigenvalue weighted by Gasteiger charge is -2.15. The van der Waals surface area contributed by atoms with Crippen LogP contribution in [-0.4, -0.2) is 35.3 Å². The fraction of sp³-hybridized carbons (Fsp3) is 0.286. The van der Waals surface area contributed by atoms with E-state index in [2.05, 4.69) is 16.7 Å². The van der Waals surface area contributed by atoms with Crippen molar-refractivity contribution in [3.8, 4) is 5.75 Å². The Kier molecular flexibility index (Phi) is 4.40. The highest BCUT2D eigenvalue weighted by molar-refractivity contribution is 5.47. The van der Waals surface area contributed by atoms with Crippen molar-refractivity contribution in [2.45, 2.75) is 6.23 Å². The van der Waals surface area contributed by atoms with E-state index in [9.17, 15) is 10.1 Å². The van der Waals surface area contributed by atoms with Crippen LogP contribution in [0.1, 0.15) is 12.1 Å². The number of benzene rings is 1. The van der Waals surface area contributed by atoms with Gasteiger partial charge in [-0.05, 0) is 35.9 Å². The van der Waals surface area contributed by atoms with E-state index >= 15 is 0 Å². The third kappa shape index (κ3) is 3.05. The second kappa shape index (κ2) is 6.25. The molecule has 0 amide bonds. The first-order valence-electron chi connectivity index (χ1n) is 6.50. The van der Waals surface area contributed by atoms with Gasteiger partial charge < -0.3 is 19.8 Å².